The van der Waals surface area contributed by atoms with Gasteiger partial charge in [-0.15, -0.1) is 0 Å². The van der Waals surface area contributed by atoms with E-state index in [1.807, 2.05) is 36.4 Å². The van der Waals surface area contributed by atoms with Crippen molar-refractivity contribution in [2.75, 3.05) is 0 Å². The average molecular weight is 527 g/mol. The molecule has 0 radical (unpaired) electrons. The van der Waals surface area contributed by atoms with E-state index in [0.717, 1.165) is 13.8 Å². The van der Waals surface area contributed by atoms with Gasteiger partial charge in [0, 0.05) is 19.4 Å². The van der Waals surface area contributed by atoms with E-state index in [1.165, 1.54) is 23.9 Å². The number of rotatable bonds is 5. The zero-order valence-electron chi connectivity index (χ0n) is 13.8. The lowest BCUT2D eigenvalue weighted by Crippen LogP contribution is -2.01. The lowest BCUT2D eigenvalue weighted by atomic mass is 10.1. The minimum absolute atomic E-state index is 0.129. The Morgan fingerprint density at radius 3 is 2.11 bits per heavy atom. The number of thioether (sulfide) groups is 1. The molecule has 0 aliphatic carbocycles. The number of allylic oxidation sites excluding steroid dienone is 1. The summed E-state index contributed by atoms with van der Waals surface area (Å²) in [5, 5.41) is 0.257. The van der Waals surface area contributed by atoms with Crippen LogP contribution >= 0.6 is 55.2 Å². The Kier molecular flexibility index (Phi) is 6.93. The molecular formula is C21H12Br2ClFOS. The second kappa shape index (κ2) is 9.20. The van der Waals surface area contributed by atoms with Gasteiger partial charge >= 0.3 is 0 Å². The fourth-order valence-electron chi connectivity index (χ4n) is 2.27. The Morgan fingerprint density at radius 2 is 1.52 bits per heavy atom. The zero-order chi connectivity index (χ0) is 19.4. The summed E-state index contributed by atoms with van der Waals surface area (Å²) in [5.41, 5.74) is 1.15. The summed E-state index contributed by atoms with van der Waals surface area (Å²) in [4.78, 5) is 14.5. The van der Waals surface area contributed by atoms with Gasteiger partial charge in [-0.1, -0.05) is 61.3 Å². The maximum atomic E-state index is 13.3. The Labute approximate surface area is 182 Å². The summed E-state index contributed by atoms with van der Waals surface area (Å²) < 4.78 is 15.2. The molecule has 0 N–H and O–H groups in total. The van der Waals surface area contributed by atoms with Crippen molar-refractivity contribution in [2.45, 2.75) is 4.90 Å². The second-order valence-corrected chi connectivity index (χ2v) is 8.92. The van der Waals surface area contributed by atoms with Gasteiger partial charge in [-0.05, 0) is 72.3 Å². The fraction of sp³-hybridized carbons (Fsp3) is 0. The summed E-state index contributed by atoms with van der Waals surface area (Å²) in [7, 11) is 0. The van der Waals surface area contributed by atoms with Crippen molar-refractivity contribution in [3.05, 3.63) is 103 Å². The summed E-state index contributed by atoms with van der Waals surface area (Å²) >= 11 is 14.3. The first-order chi connectivity index (χ1) is 12.9. The van der Waals surface area contributed by atoms with Gasteiger partial charge < -0.3 is 0 Å². The predicted octanol–water partition coefficient (Wildman–Crippen LogP) is 8.02. The molecule has 0 spiro atoms. The Bertz CT molecular complexity index is 1000. The maximum Gasteiger partial charge on any atom is 0.199 e. The van der Waals surface area contributed by atoms with Crippen LogP contribution in [-0.4, -0.2) is 5.78 Å². The van der Waals surface area contributed by atoms with Crippen molar-refractivity contribution in [3.8, 4) is 0 Å². The van der Waals surface area contributed by atoms with Gasteiger partial charge in [0.1, 0.15) is 5.82 Å². The van der Waals surface area contributed by atoms with E-state index in [1.54, 1.807) is 24.3 Å². The Hall–Kier alpha value is -1.40. The number of Topliss-reactive ketones (excluding diaryl/α,β-unsaturated/α-hetero) is 1. The first-order valence-electron chi connectivity index (χ1n) is 7.83. The van der Waals surface area contributed by atoms with Gasteiger partial charge in [0.25, 0.3) is 0 Å². The highest BCUT2D eigenvalue weighted by molar-refractivity contribution is 9.10. The van der Waals surface area contributed by atoms with Crippen molar-refractivity contribution < 1.29 is 9.18 Å². The van der Waals surface area contributed by atoms with E-state index < -0.39 is 5.82 Å². The number of halogens is 4. The van der Waals surface area contributed by atoms with Crippen molar-refractivity contribution in [1.29, 1.82) is 0 Å². The highest BCUT2D eigenvalue weighted by atomic mass is 79.9. The molecule has 3 aromatic carbocycles. The molecule has 3 rings (SSSR count). The molecule has 0 heterocycles. The minimum Gasteiger partial charge on any atom is -0.288 e. The van der Waals surface area contributed by atoms with Crippen molar-refractivity contribution >= 4 is 67.1 Å². The van der Waals surface area contributed by atoms with Crippen molar-refractivity contribution in [3.63, 3.8) is 0 Å². The third kappa shape index (κ3) is 5.55. The SMILES string of the molecule is O=C(C(=Cc1ccc(F)cc1Cl)Sc1ccc(Br)cc1)c1ccc(Br)cc1. The molecular weight excluding hydrogens is 515 g/mol. The van der Waals surface area contributed by atoms with Gasteiger partial charge in [-0.3, -0.25) is 4.79 Å². The lowest BCUT2D eigenvalue weighted by molar-refractivity contribution is 0.104. The van der Waals surface area contributed by atoms with Gasteiger partial charge in [0.15, 0.2) is 5.78 Å². The predicted molar refractivity (Wildman–Crippen MR) is 118 cm³/mol. The van der Waals surface area contributed by atoms with Crippen LogP contribution < -0.4 is 0 Å². The van der Waals surface area contributed by atoms with Crippen LogP contribution in [0.15, 0.2) is 85.5 Å². The molecule has 0 aliphatic rings. The third-order valence-electron chi connectivity index (χ3n) is 3.62. The van der Waals surface area contributed by atoms with Crippen LogP contribution in [0.2, 0.25) is 5.02 Å². The second-order valence-electron chi connectivity index (χ2n) is 5.57. The van der Waals surface area contributed by atoms with Crippen molar-refractivity contribution in [1.82, 2.24) is 0 Å². The van der Waals surface area contributed by atoms with Crippen LogP contribution in [0.25, 0.3) is 6.08 Å². The number of hydrogen-bond acceptors (Lipinski definition) is 2. The van der Waals surface area contributed by atoms with Crippen LogP contribution in [0.4, 0.5) is 4.39 Å². The van der Waals surface area contributed by atoms with Gasteiger partial charge in [0.05, 0.1) is 9.93 Å². The lowest BCUT2D eigenvalue weighted by Gasteiger charge is -2.09. The molecule has 0 unspecified atom stereocenters. The topological polar surface area (TPSA) is 17.1 Å². The molecule has 1 nitrogen and oxygen atoms in total. The molecule has 3 aromatic rings. The number of hydrogen-bond donors (Lipinski definition) is 0. The Morgan fingerprint density at radius 1 is 0.926 bits per heavy atom. The molecule has 27 heavy (non-hydrogen) atoms. The maximum absolute atomic E-state index is 13.3. The van der Waals surface area contributed by atoms with Gasteiger partial charge in [-0.25, -0.2) is 4.39 Å². The van der Waals surface area contributed by atoms with E-state index in [9.17, 15) is 9.18 Å². The fourth-order valence-corrected chi connectivity index (χ4v) is 3.95. The molecule has 6 heteroatoms. The normalized spacial score (nSPS) is 11.5. The molecule has 136 valence electrons. The monoisotopic (exact) mass is 524 g/mol. The van der Waals surface area contributed by atoms with Crippen LogP contribution in [0.1, 0.15) is 15.9 Å². The molecule has 0 aromatic heterocycles. The smallest absolute Gasteiger partial charge is 0.199 e. The number of carbonyl (C=O) groups excluding carboxylic acids is 1. The van der Waals surface area contributed by atoms with Gasteiger partial charge in [-0.2, -0.15) is 0 Å². The standard InChI is InChI=1S/C21H12Br2ClFOS/c22-15-4-1-13(2-5-15)21(26)20(27-18-9-6-16(23)7-10-18)11-14-3-8-17(25)12-19(14)24/h1-12H. The minimum atomic E-state index is -0.418. The third-order valence-corrected chi connectivity index (χ3v) is 6.04. The van der Waals surface area contributed by atoms with Crippen LogP contribution in [0, 0.1) is 5.82 Å². The quantitative estimate of drug-likeness (QED) is 0.190. The number of benzene rings is 3. The van der Waals surface area contributed by atoms with E-state index in [-0.39, 0.29) is 10.8 Å². The Balaban J connectivity index is 2.01. The van der Waals surface area contributed by atoms with Gasteiger partial charge in [0.2, 0.25) is 0 Å². The average Bonchev–Trinajstić information content (AvgIpc) is 2.65. The molecule has 0 amide bonds. The zero-order valence-corrected chi connectivity index (χ0v) is 18.5. The molecule has 0 bridgehead atoms. The summed E-state index contributed by atoms with van der Waals surface area (Å²) in [5.74, 6) is -0.547. The van der Waals surface area contributed by atoms with Crippen LogP contribution in [0.3, 0.4) is 0 Å². The highest BCUT2D eigenvalue weighted by Crippen LogP contribution is 2.33. The van der Waals surface area contributed by atoms with E-state index >= 15 is 0 Å². The summed E-state index contributed by atoms with van der Waals surface area (Å²) in [6.07, 6.45) is 1.69. The largest absolute Gasteiger partial charge is 0.288 e. The van der Waals surface area contributed by atoms with E-state index in [4.69, 9.17) is 11.6 Å². The number of ketones is 1. The molecule has 0 aliphatic heterocycles. The molecule has 0 atom stereocenters. The summed E-state index contributed by atoms with van der Waals surface area (Å²) in [6.45, 7) is 0. The highest BCUT2D eigenvalue weighted by Gasteiger charge is 2.15. The first-order valence-corrected chi connectivity index (χ1v) is 10.6. The van der Waals surface area contributed by atoms with Crippen LogP contribution in [0.5, 0.6) is 0 Å². The van der Waals surface area contributed by atoms with E-state index in [2.05, 4.69) is 31.9 Å². The van der Waals surface area contributed by atoms with Crippen LogP contribution in [-0.2, 0) is 0 Å². The summed E-state index contributed by atoms with van der Waals surface area (Å²) in [6, 6.07) is 18.9. The molecule has 0 saturated heterocycles. The van der Waals surface area contributed by atoms with Crippen molar-refractivity contribution in [2.24, 2.45) is 0 Å². The molecule has 0 saturated carbocycles. The number of carbonyl (C=O) groups is 1. The first kappa shape index (κ1) is 20.3. The molecule has 0 fully saturated rings. The van der Waals surface area contributed by atoms with E-state index in [0.29, 0.717) is 16.0 Å².